The molecule has 0 aromatic heterocycles. The summed E-state index contributed by atoms with van der Waals surface area (Å²) in [6.07, 6.45) is -0.0712. The van der Waals surface area contributed by atoms with Crippen LogP contribution in [0.4, 0.5) is 0 Å². The van der Waals surface area contributed by atoms with E-state index in [1.807, 2.05) is 49.4 Å². The molecule has 21 heavy (non-hydrogen) atoms. The zero-order valence-corrected chi connectivity index (χ0v) is 13.4. The Labute approximate surface area is 133 Å². The molecule has 1 amide bonds. The minimum atomic E-state index is -0.560. The number of halogens is 1. The van der Waals surface area contributed by atoms with Crippen LogP contribution in [-0.4, -0.2) is 17.6 Å². The van der Waals surface area contributed by atoms with Crippen LogP contribution in [0.2, 0.25) is 0 Å². The van der Waals surface area contributed by atoms with E-state index < -0.39 is 6.10 Å². The van der Waals surface area contributed by atoms with Crippen molar-refractivity contribution < 1.29 is 9.90 Å². The maximum Gasteiger partial charge on any atom is 0.251 e. The third-order valence-corrected chi connectivity index (χ3v) is 4.26. The summed E-state index contributed by atoms with van der Waals surface area (Å²) in [5.41, 5.74) is 2.43. The standard InChI is InChI=1S/C17H18BrNO2/c1-12-14(8-5-9-15(12)18)17(21)19-11-10-16(20)13-6-3-2-4-7-13/h2-9,16,20H,10-11H2,1H3,(H,19,21). The molecule has 0 aliphatic rings. The molecule has 2 rings (SSSR count). The van der Waals surface area contributed by atoms with E-state index in [4.69, 9.17) is 0 Å². The number of benzene rings is 2. The molecule has 110 valence electrons. The normalized spacial score (nSPS) is 12.0. The first-order valence-corrected chi connectivity index (χ1v) is 7.65. The Balaban J connectivity index is 1.89. The Bertz CT molecular complexity index is 613. The Morgan fingerprint density at radius 2 is 1.90 bits per heavy atom. The highest BCUT2D eigenvalue weighted by molar-refractivity contribution is 9.10. The fourth-order valence-electron chi connectivity index (χ4n) is 2.11. The van der Waals surface area contributed by atoms with Crippen molar-refractivity contribution in [1.82, 2.24) is 5.32 Å². The van der Waals surface area contributed by atoms with E-state index in [0.29, 0.717) is 18.5 Å². The highest BCUT2D eigenvalue weighted by Gasteiger charge is 2.11. The molecule has 0 aliphatic carbocycles. The van der Waals surface area contributed by atoms with Crippen LogP contribution in [0.5, 0.6) is 0 Å². The van der Waals surface area contributed by atoms with Crippen LogP contribution in [0.15, 0.2) is 53.0 Å². The van der Waals surface area contributed by atoms with Crippen LogP contribution in [0.1, 0.15) is 34.0 Å². The Morgan fingerprint density at radius 1 is 1.19 bits per heavy atom. The number of rotatable bonds is 5. The van der Waals surface area contributed by atoms with Gasteiger partial charge in [0.25, 0.3) is 5.91 Å². The van der Waals surface area contributed by atoms with Gasteiger partial charge in [-0.2, -0.15) is 0 Å². The number of nitrogens with one attached hydrogen (secondary N) is 1. The lowest BCUT2D eigenvalue weighted by atomic mass is 10.1. The van der Waals surface area contributed by atoms with Gasteiger partial charge in [0.15, 0.2) is 0 Å². The van der Waals surface area contributed by atoms with Crippen LogP contribution in [0.25, 0.3) is 0 Å². The topological polar surface area (TPSA) is 49.3 Å². The van der Waals surface area contributed by atoms with Crippen molar-refractivity contribution in [2.45, 2.75) is 19.4 Å². The fourth-order valence-corrected chi connectivity index (χ4v) is 2.48. The van der Waals surface area contributed by atoms with E-state index in [2.05, 4.69) is 21.2 Å². The second-order valence-corrected chi connectivity index (χ2v) is 5.74. The van der Waals surface area contributed by atoms with Gasteiger partial charge in [-0.1, -0.05) is 52.3 Å². The van der Waals surface area contributed by atoms with Crippen LogP contribution >= 0.6 is 15.9 Å². The third-order valence-electron chi connectivity index (χ3n) is 3.40. The van der Waals surface area contributed by atoms with Crippen molar-refractivity contribution >= 4 is 21.8 Å². The van der Waals surface area contributed by atoms with Gasteiger partial charge in [-0.05, 0) is 36.6 Å². The van der Waals surface area contributed by atoms with E-state index in [1.165, 1.54) is 0 Å². The van der Waals surface area contributed by atoms with Crippen molar-refractivity contribution in [3.05, 3.63) is 69.7 Å². The number of hydrogen-bond donors (Lipinski definition) is 2. The Kier molecular flexibility index (Phi) is 5.53. The average molecular weight is 348 g/mol. The van der Waals surface area contributed by atoms with E-state index >= 15 is 0 Å². The van der Waals surface area contributed by atoms with Gasteiger partial charge in [0, 0.05) is 16.6 Å². The molecule has 4 heteroatoms. The average Bonchev–Trinajstić information content (AvgIpc) is 2.50. The molecule has 2 N–H and O–H groups in total. The number of aliphatic hydroxyl groups is 1. The van der Waals surface area contributed by atoms with Crippen LogP contribution in [0.3, 0.4) is 0 Å². The van der Waals surface area contributed by atoms with Crippen LogP contribution in [0, 0.1) is 6.92 Å². The minimum Gasteiger partial charge on any atom is -0.388 e. The number of amides is 1. The number of carbonyl (C=O) groups is 1. The first kappa shape index (κ1) is 15.7. The zero-order chi connectivity index (χ0) is 15.2. The van der Waals surface area contributed by atoms with Gasteiger partial charge in [0.1, 0.15) is 0 Å². The van der Waals surface area contributed by atoms with Gasteiger partial charge < -0.3 is 10.4 Å². The molecular weight excluding hydrogens is 330 g/mol. The summed E-state index contributed by atoms with van der Waals surface area (Å²) in [4.78, 5) is 12.1. The smallest absolute Gasteiger partial charge is 0.251 e. The number of hydrogen-bond acceptors (Lipinski definition) is 2. The molecule has 0 heterocycles. The lowest BCUT2D eigenvalue weighted by Crippen LogP contribution is -2.26. The molecule has 0 saturated carbocycles. The van der Waals surface area contributed by atoms with Crippen molar-refractivity contribution in [3.8, 4) is 0 Å². The van der Waals surface area contributed by atoms with Crippen molar-refractivity contribution in [2.75, 3.05) is 6.54 Å². The zero-order valence-electron chi connectivity index (χ0n) is 11.8. The molecule has 0 bridgehead atoms. The number of carbonyl (C=O) groups excluding carboxylic acids is 1. The van der Waals surface area contributed by atoms with Gasteiger partial charge in [-0.25, -0.2) is 0 Å². The van der Waals surface area contributed by atoms with Gasteiger partial charge >= 0.3 is 0 Å². The SMILES string of the molecule is Cc1c(Br)cccc1C(=O)NCCC(O)c1ccccc1. The summed E-state index contributed by atoms with van der Waals surface area (Å²) < 4.78 is 0.916. The van der Waals surface area contributed by atoms with E-state index in [1.54, 1.807) is 6.07 Å². The number of aliphatic hydroxyl groups excluding tert-OH is 1. The largest absolute Gasteiger partial charge is 0.388 e. The molecule has 0 fully saturated rings. The lowest BCUT2D eigenvalue weighted by molar-refractivity contribution is 0.0942. The maximum absolute atomic E-state index is 12.1. The molecule has 1 atom stereocenters. The fraction of sp³-hybridized carbons (Fsp3) is 0.235. The minimum absolute atomic E-state index is 0.117. The summed E-state index contributed by atoms with van der Waals surface area (Å²) >= 11 is 3.42. The monoisotopic (exact) mass is 347 g/mol. The lowest BCUT2D eigenvalue weighted by Gasteiger charge is -2.12. The molecule has 1 unspecified atom stereocenters. The highest BCUT2D eigenvalue weighted by Crippen LogP contribution is 2.19. The van der Waals surface area contributed by atoms with E-state index in [-0.39, 0.29) is 5.91 Å². The molecule has 0 spiro atoms. The highest BCUT2D eigenvalue weighted by atomic mass is 79.9. The molecular formula is C17H18BrNO2. The predicted molar refractivity (Wildman–Crippen MR) is 87.2 cm³/mol. The van der Waals surface area contributed by atoms with E-state index in [0.717, 1.165) is 15.6 Å². The second kappa shape index (κ2) is 7.38. The quantitative estimate of drug-likeness (QED) is 0.867. The summed E-state index contributed by atoms with van der Waals surface area (Å²) in [5, 5.41) is 12.9. The molecule has 2 aromatic carbocycles. The first-order chi connectivity index (χ1) is 10.1. The first-order valence-electron chi connectivity index (χ1n) is 6.86. The summed E-state index contributed by atoms with van der Waals surface area (Å²) in [7, 11) is 0. The van der Waals surface area contributed by atoms with Crippen molar-refractivity contribution in [2.24, 2.45) is 0 Å². The summed E-state index contributed by atoms with van der Waals surface area (Å²) in [5.74, 6) is -0.117. The second-order valence-electron chi connectivity index (χ2n) is 4.88. The Morgan fingerprint density at radius 3 is 2.62 bits per heavy atom. The molecule has 2 aromatic rings. The molecule has 0 saturated heterocycles. The Hall–Kier alpha value is -1.65. The maximum atomic E-state index is 12.1. The van der Waals surface area contributed by atoms with E-state index in [9.17, 15) is 9.90 Å². The van der Waals surface area contributed by atoms with Crippen molar-refractivity contribution in [3.63, 3.8) is 0 Å². The summed E-state index contributed by atoms with van der Waals surface area (Å²) in [6.45, 7) is 2.33. The summed E-state index contributed by atoms with van der Waals surface area (Å²) in [6, 6.07) is 15.0. The molecule has 0 aliphatic heterocycles. The van der Waals surface area contributed by atoms with Gasteiger partial charge in [-0.15, -0.1) is 0 Å². The van der Waals surface area contributed by atoms with Gasteiger partial charge in [-0.3, -0.25) is 4.79 Å². The van der Waals surface area contributed by atoms with Crippen LogP contribution in [-0.2, 0) is 0 Å². The molecule has 3 nitrogen and oxygen atoms in total. The van der Waals surface area contributed by atoms with Gasteiger partial charge in [0.2, 0.25) is 0 Å². The third kappa shape index (κ3) is 4.16. The predicted octanol–water partition coefficient (Wildman–Crippen LogP) is 3.61. The molecule has 0 radical (unpaired) electrons. The van der Waals surface area contributed by atoms with Gasteiger partial charge in [0.05, 0.1) is 6.10 Å². The van der Waals surface area contributed by atoms with Crippen LogP contribution < -0.4 is 5.32 Å². The van der Waals surface area contributed by atoms with Crippen molar-refractivity contribution in [1.29, 1.82) is 0 Å².